The van der Waals surface area contributed by atoms with Crippen LogP contribution in [0, 0.1) is 5.41 Å². The van der Waals surface area contributed by atoms with E-state index in [0.717, 1.165) is 38.9 Å². The van der Waals surface area contributed by atoms with E-state index >= 15 is 0 Å². The molecule has 0 aromatic carbocycles. The topological polar surface area (TPSA) is 43.7 Å². The molecule has 1 fully saturated rings. The van der Waals surface area contributed by atoms with Gasteiger partial charge in [-0.05, 0) is 37.8 Å². The number of likely N-dealkylation sites (tertiary alicyclic amines) is 1. The molecule has 0 amide bonds. The van der Waals surface area contributed by atoms with Gasteiger partial charge in [0, 0.05) is 13.2 Å². The number of β-amino-alcohol motifs (C(OH)–C–C–N with tert-alkyl or cyclic N) is 1. The summed E-state index contributed by atoms with van der Waals surface area (Å²) in [6, 6.07) is 0. The first-order valence-electron chi connectivity index (χ1n) is 10.6. The van der Waals surface area contributed by atoms with Crippen LogP contribution < -0.4 is 0 Å². The van der Waals surface area contributed by atoms with Crippen molar-refractivity contribution in [3.63, 3.8) is 0 Å². The van der Waals surface area contributed by atoms with Gasteiger partial charge in [-0.3, -0.25) is 0 Å². The Morgan fingerprint density at radius 2 is 1.36 bits per heavy atom. The SMILES string of the molecule is CCCCCCCCCCCCC(O)CN1CCC(C)(CO)CC1.Cl. The maximum Gasteiger partial charge on any atom is 0.0667 e. The number of hydrogen-bond acceptors (Lipinski definition) is 3. The Bertz CT molecular complexity index is 294. The number of rotatable bonds is 14. The fourth-order valence-electron chi connectivity index (χ4n) is 3.69. The molecule has 1 saturated heterocycles. The minimum atomic E-state index is -0.169. The van der Waals surface area contributed by atoms with Crippen molar-refractivity contribution in [2.45, 2.75) is 103 Å². The van der Waals surface area contributed by atoms with Crippen LogP contribution in [0.2, 0.25) is 0 Å². The first-order chi connectivity index (χ1) is 11.6. The van der Waals surface area contributed by atoms with Crippen molar-refractivity contribution < 1.29 is 10.2 Å². The second kappa shape index (κ2) is 15.2. The van der Waals surface area contributed by atoms with Crippen LogP contribution in [0.1, 0.15) is 97.3 Å². The van der Waals surface area contributed by atoms with Crippen LogP contribution in [0.3, 0.4) is 0 Å². The van der Waals surface area contributed by atoms with Gasteiger partial charge >= 0.3 is 0 Å². The molecule has 25 heavy (non-hydrogen) atoms. The number of unbranched alkanes of at least 4 members (excludes halogenated alkanes) is 9. The fourth-order valence-corrected chi connectivity index (χ4v) is 3.69. The largest absolute Gasteiger partial charge is 0.396 e. The van der Waals surface area contributed by atoms with Crippen molar-refractivity contribution >= 4 is 12.4 Å². The molecular weight excluding hydrogens is 334 g/mol. The lowest BCUT2D eigenvalue weighted by atomic mass is 9.81. The minimum absolute atomic E-state index is 0. The summed E-state index contributed by atoms with van der Waals surface area (Å²) in [7, 11) is 0. The van der Waals surface area contributed by atoms with Gasteiger partial charge < -0.3 is 15.1 Å². The average molecular weight is 378 g/mol. The molecule has 1 aliphatic rings. The Labute approximate surface area is 163 Å². The molecule has 0 saturated carbocycles. The van der Waals surface area contributed by atoms with Gasteiger partial charge in [0.15, 0.2) is 0 Å². The van der Waals surface area contributed by atoms with E-state index in [1.165, 1.54) is 64.2 Å². The van der Waals surface area contributed by atoms with Gasteiger partial charge in [-0.2, -0.15) is 0 Å². The van der Waals surface area contributed by atoms with Crippen molar-refractivity contribution in [3.8, 4) is 0 Å². The second-order valence-corrected chi connectivity index (χ2v) is 8.39. The molecule has 4 heteroatoms. The monoisotopic (exact) mass is 377 g/mol. The highest BCUT2D eigenvalue weighted by molar-refractivity contribution is 5.85. The molecule has 2 N–H and O–H groups in total. The third-order valence-corrected chi connectivity index (χ3v) is 5.80. The van der Waals surface area contributed by atoms with Crippen LogP contribution in [0.4, 0.5) is 0 Å². The molecule has 0 radical (unpaired) electrons. The molecule has 0 aromatic heterocycles. The second-order valence-electron chi connectivity index (χ2n) is 8.39. The van der Waals surface area contributed by atoms with Gasteiger partial charge in [-0.1, -0.05) is 78.1 Å². The smallest absolute Gasteiger partial charge is 0.0667 e. The number of piperidine rings is 1. The Morgan fingerprint density at radius 1 is 0.880 bits per heavy atom. The minimum Gasteiger partial charge on any atom is -0.396 e. The summed E-state index contributed by atoms with van der Waals surface area (Å²) in [5, 5.41) is 19.6. The van der Waals surface area contributed by atoms with E-state index < -0.39 is 0 Å². The highest BCUT2D eigenvalue weighted by Gasteiger charge is 2.29. The maximum absolute atomic E-state index is 10.2. The summed E-state index contributed by atoms with van der Waals surface area (Å²) in [5.74, 6) is 0. The number of nitrogens with zero attached hydrogens (tertiary/aromatic N) is 1. The molecule has 1 heterocycles. The van der Waals surface area contributed by atoms with Gasteiger partial charge in [-0.15, -0.1) is 12.4 Å². The summed E-state index contributed by atoms with van der Waals surface area (Å²) >= 11 is 0. The summed E-state index contributed by atoms with van der Waals surface area (Å²) in [6.45, 7) is 7.59. The molecule has 3 nitrogen and oxygen atoms in total. The normalized spacial score (nSPS) is 18.7. The van der Waals surface area contributed by atoms with E-state index in [0.29, 0.717) is 6.61 Å². The third kappa shape index (κ3) is 12.2. The first-order valence-corrected chi connectivity index (χ1v) is 10.6. The Balaban J connectivity index is 0.00000576. The number of halogens is 1. The van der Waals surface area contributed by atoms with Crippen molar-refractivity contribution in [1.29, 1.82) is 0 Å². The van der Waals surface area contributed by atoms with Crippen LogP contribution in [0.15, 0.2) is 0 Å². The van der Waals surface area contributed by atoms with Crippen LogP contribution in [0.5, 0.6) is 0 Å². The average Bonchev–Trinajstić information content (AvgIpc) is 2.59. The number of aliphatic hydroxyl groups excluding tert-OH is 2. The molecular formula is C21H44ClNO2. The molecule has 0 aromatic rings. The zero-order chi connectivity index (χ0) is 17.7. The fraction of sp³-hybridized carbons (Fsp3) is 1.00. The zero-order valence-electron chi connectivity index (χ0n) is 16.8. The summed E-state index contributed by atoms with van der Waals surface area (Å²) in [5.41, 5.74) is 0.109. The molecule has 1 unspecified atom stereocenters. The Morgan fingerprint density at radius 3 is 1.84 bits per heavy atom. The predicted molar refractivity (Wildman–Crippen MR) is 111 cm³/mol. The molecule has 0 aliphatic carbocycles. The van der Waals surface area contributed by atoms with Crippen molar-refractivity contribution in [2.24, 2.45) is 5.41 Å². The number of hydrogen-bond donors (Lipinski definition) is 2. The molecule has 0 bridgehead atoms. The van der Waals surface area contributed by atoms with E-state index in [4.69, 9.17) is 0 Å². The highest BCUT2D eigenvalue weighted by Crippen LogP contribution is 2.30. The van der Waals surface area contributed by atoms with Crippen LogP contribution >= 0.6 is 12.4 Å². The van der Waals surface area contributed by atoms with Crippen molar-refractivity contribution in [2.75, 3.05) is 26.2 Å². The van der Waals surface area contributed by atoms with Gasteiger partial charge in [0.25, 0.3) is 0 Å². The lowest BCUT2D eigenvalue weighted by molar-refractivity contribution is 0.0323. The summed E-state index contributed by atoms with van der Waals surface area (Å²) < 4.78 is 0. The lowest BCUT2D eigenvalue weighted by Gasteiger charge is -2.38. The van der Waals surface area contributed by atoms with Crippen molar-refractivity contribution in [3.05, 3.63) is 0 Å². The van der Waals surface area contributed by atoms with E-state index in [1.54, 1.807) is 0 Å². The predicted octanol–water partition coefficient (Wildman–Crippen LogP) is 5.17. The Hall–Kier alpha value is 0.170. The molecule has 1 rings (SSSR count). The van der Waals surface area contributed by atoms with E-state index in [2.05, 4.69) is 18.7 Å². The van der Waals surface area contributed by atoms with E-state index in [1.807, 2.05) is 0 Å². The Kier molecular flexibility index (Phi) is 15.4. The highest BCUT2D eigenvalue weighted by atomic mass is 35.5. The van der Waals surface area contributed by atoms with E-state index in [9.17, 15) is 10.2 Å². The summed E-state index contributed by atoms with van der Waals surface area (Å²) in [6.07, 6.45) is 16.4. The summed E-state index contributed by atoms with van der Waals surface area (Å²) in [4.78, 5) is 2.37. The third-order valence-electron chi connectivity index (χ3n) is 5.80. The van der Waals surface area contributed by atoms with Gasteiger partial charge in [0.05, 0.1) is 6.10 Å². The van der Waals surface area contributed by atoms with E-state index in [-0.39, 0.29) is 23.9 Å². The number of aliphatic hydroxyl groups is 2. The maximum atomic E-state index is 10.2. The standard InChI is InChI=1S/C21H43NO2.ClH/c1-3-4-5-6-7-8-9-10-11-12-13-20(24)18-22-16-14-21(2,19-23)15-17-22;/h20,23-24H,3-19H2,1-2H3;1H. The van der Waals surface area contributed by atoms with Gasteiger partial charge in [0.2, 0.25) is 0 Å². The molecule has 1 aliphatic heterocycles. The van der Waals surface area contributed by atoms with Crippen LogP contribution in [0.25, 0.3) is 0 Å². The first kappa shape index (κ1) is 25.2. The van der Waals surface area contributed by atoms with Crippen molar-refractivity contribution in [1.82, 2.24) is 4.90 Å². The van der Waals surface area contributed by atoms with Crippen LogP contribution in [-0.2, 0) is 0 Å². The van der Waals surface area contributed by atoms with Crippen LogP contribution in [-0.4, -0.2) is 47.5 Å². The van der Waals surface area contributed by atoms with Gasteiger partial charge in [0.1, 0.15) is 0 Å². The molecule has 0 spiro atoms. The lowest BCUT2D eigenvalue weighted by Crippen LogP contribution is -2.43. The molecule has 1 atom stereocenters. The quantitative estimate of drug-likeness (QED) is 0.410. The molecule has 152 valence electrons. The zero-order valence-corrected chi connectivity index (χ0v) is 17.7. The van der Waals surface area contributed by atoms with Gasteiger partial charge in [-0.25, -0.2) is 0 Å².